The minimum Gasteiger partial charge on any atom is -0.487 e. The Kier molecular flexibility index (Phi) is 7.34. The van der Waals surface area contributed by atoms with E-state index in [4.69, 9.17) is 25.8 Å². The molecule has 0 N–H and O–H groups in total. The third kappa shape index (κ3) is 6.49. The molecular formula is C20H18ClF3O4. The summed E-state index contributed by atoms with van der Waals surface area (Å²) >= 11 is 5.87. The van der Waals surface area contributed by atoms with E-state index < -0.39 is 17.7 Å². The number of hydrogen-bond donors (Lipinski definition) is 0. The summed E-state index contributed by atoms with van der Waals surface area (Å²) in [6.45, 7) is 3.76. The Balaban J connectivity index is 1.98. The van der Waals surface area contributed by atoms with Crippen molar-refractivity contribution in [3.63, 3.8) is 0 Å². The number of rotatable bonds is 7. The van der Waals surface area contributed by atoms with Crippen molar-refractivity contribution >= 4 is 17.6 Å². The average Bonchev–Trinajstić information content (AvgIpc) is 2.62. The molecule has 2 aromatic rings. The Morgan fingerprint density at radius 3 is 2.36 bits per heavy atom. The van der Waals surface area contributed by atoms with Crippen molar-refractivity contribution in [1.29, 1.82) is 0 Å². The second-order valence-corrected chi connectivity index (χ2v) is 6.06. The summed E-state index contributed by atoms with van der Waals surface area (Å²) in [5, 5.41) is -0.145. The molecule has 1 unspecified atom stereocenters. The molecule has 0 amide bonds. The SMILES string of the molecule is CCOC(=O)/C=C/C(C)Oc1ccc(Oc2ccc(C(F)(F)F)cc2Cl)cc1. The molecule has 0 aliphatic rings. The number of carbonyl (C=O) groups excluding carboxylic acids is 1. The van der Waals surface area contributed by atoms with Crippen molar-refractivity contribution in [3.8, 4) is 17.2 Å². The first-order valence-corrected chi connectivity index (χ1v) is 8.73. The summed E-state index contributed by atoms with van der Waals surface area (Å²) < 4.78 is 53.9. The third-order valence-corrected chi connectivity index (χ3v) is 3.72. The third-order valence-electron chi connectivity index (χ3n) is 3.42. The van der Waals surface area contributed by atoms with Gasteiger partial charge in [-0.3, -0.25) is 0 Å². The summed E-state index contributed by atoms with van der Waals surface area (Å²) in [5.74, 6) is 0.555. The zero-order chi connectivity index (χ0) is 20.7. The molecule has 0 aromatic heterocycles. The van der Waals surface area contributed by atoms with E-state index in [1.54, 1.807) is 44.2 Å². The van der Waals surface area contributed by atoms with Crippen molar-refractivity contribution in [1.82, 2.24) is 0 Å². The molecule has 0 aliphatic carbocycles. The number of halogens is 4. The molecule has 0 saturated carbocycles. The van der Waals surface area contributed by atoms with E-state index in [1.807, 2.05) is 0 Å². The fourth-order valence-corrected chi connectivity index (χ4v) is 2.35. The highest BCUT2D eigenvalue weighted by Crippen LogP contribution is 2.36. The van der Waals surface area contributed by atoms with E-state index in [1.165, 1.54) is 6.08 Å². The molecule has 1 atom stereocenters. The molecule has 28 heavy (non-hydrogen) atoms. The van der Waals surface area contributed by atoms with Crippen LogP contribution in [-0.4, -0.2) is 18.7 Å². The number of benzene rings is 2. The highest BCUT2D eigenvalue weighted by atomic mass is 35.5. The Bertz CT molecular complexity index is 832. The first-order valence-electron chi connectivity index (χ1n) is 8.35. The molecule has 8 heteroatoms. The Morgan fingerprint density at radius 2 is 1.79 bits per heavy atom. The lowest BCUT2D eigenvalue weighted by Crippen LogP contribution is -2.09. The van der Waals surface area contributed by atoms with Crippen LogP contribution >= 0.6 is 11.6 Å². The predicted octanol–water partition coefficient (Wildman–Crippen LogP) is 6.04. The summed E-state index contributed by atoms with van der Waals surface area (Å²) in [6, 6.07) is 9.31. The van der Waals surface area contributed by atoms with Gasteiger partial charge in [0.15, 0.2) is 0 Å². The fraction of sp³-hybridized carbons (Fsp3) is 0.250. The topological polar surface area (TPSA) is 44.8 Å². The number of hydrogen-bond acceptors (Lipinski definition) is 4. The van der Waals surface area contributed by atoms with Crippen molar-refractivity contribution in [2.24, 2.45) is 0 Å². The molecular weight excluding hydrogens is 397 g/mol. The second kappa shape index (κ2) is 9.50. The number of alkyl halides is 3. The smallest absolute Gasteiger partial charge is 0.416 e. The van der Waals surface area contributed by atoms with Crippen LogP contribution < -0.4 is 9.47 Å². The van der Waals surface area contributed by atoms with Gasteiger partial charge in [-0.25, -0.2) is 4.79 Å². The summed E-state index contributed by atoms with van der Waals surface area (Å²) in [5.41, 5.74) is -0.849. The monoisotopic (exact) mass is 414 g/mol. The molecule has 4 nitrogen and oxygen atoms in total. The maximum Gasteiger partial charge on any atom is 0.416 e. The molecule has 0 bridgehead atoms. The van der Waals surface area contributed by atoms with Gasteiger partial charge in [-0.1, -0.05) is 11.6 Å². The zero-order valence-electron chi connectivity index (χ0n) is 15.1. The molecule has 0 aliphatic heterocycles. The lowest BCUT2D eigenvalue weighted by molar-refractivity contribution is -0.138. The maximum absolute atomic E-state index is 12.7. The normalized spacial score (nSPS) is 12.6. The lowest BCUT2D eigenvalue weighted by Gasteiger charge is -2.13. The van der Waals surface area contributed by atoms with Crippen molar-refractivity contribution in [3.05, 3.63) is 65.2 Å². The maximum atomic E-state index is 12.7. The average molecular weight is 415 g/mol. The largest absolute Gasteiger partial charge is 0.487 e. The lowest BCUT2D eigenvalue weighted by atomic mass is 10.2. The van der Waals surface area contributed by atoms with Gasteiger partial charge in [-0.15, -0.1) is 0 Å². The Hall–Kier alpha value is -2.67. The van der Waals surface area contributed by atoms with Crippen molar-refractivity contribution < 1.29 is 32.2 Å². The number of ether oxygens (including phenoxy) is 3. The minimum atomic E-state index is -4.47. The van der Waals surface area contributed by atoms with Crippen LogP contribution in [0.25, 0.3) is 0 Å². The van der Waals surface area contributed by atoms with Crippen LogP contribution in [0.1, 0.15) is 19.4 Å². The van der Waals surface area contributed by atoms with Gasteiger partial charge in [0.05, 0.1) is 17.2 Å². The Labute approximate surface area is 165 Å². The second-order valence-electron chi connectivity index (χ2n) is 5.65. The van der Waals surface area contributed by atoms with Crippen LogP contribution in [0.5, 0.6) is 17.2 Å². The van der Waals surface area contributed by atoms with E-state index in [0.717, 1.165) is 18.2 Å². The van der Waals surface area contributed by atoms with Gasteiger partial charge in [0.2, 0.25) is 0 Å². The number of carbonyl (C=O) groups is 1. The summed E-state index contributed by atoms with van der Waals surface area (Å²) in [7, 11) is 0. The predicted molar refractivity (Wildman–Crippen MR) is 98.8 cm³/mol. The first kappa shape index (κ1) is 21.6. The Morgan fingerprint density at radius 1 is 1.14 bits per heavy atom. The van der Waals surface area contributed by atoms with Gasteiger partial charge in [-0.2, -0.15) is 13.2 Å². The van der Waals surface area contributed by atoms with Crippen LogP contribution in [-0.2, 0) is 15.7 Å². The van der Waals surface area contributed by atoms with Crippen LogP contribution in [0.4, 0.5) is 13.2 Å². The molecule has 2 aromatic carbocycles. The standard InChI is InChI=1S/C20H18ClF3O4/c1-3-26-19(25)11-4-13(2)27-15-6-8-16(9-7-15)28-18-10-5-14(12-17(18)21)20(22,23)24/h4-13H,3H2,1-2H3/b11-4+. The summed E-state index contributed by atoms with van der Waals surface area (Å²) in [4.78, 5) is 11.3. The van der Waals surface area contributed by atoms with Crippen LogP contribution in [0.2, 0.25) is 5.02 Å². The van der Waals surface area contributed by atoms with Gasteiger partial charge in [-0.05, 0) is 62.4 Å². The highest BCUT2D eigenvalue weighted by Gasteiger charge is 2.31. The van der Waals surface area contributed by atoms with Gasteiger partial charge < -0.3 is 14.2 Å². The minimum absolute atomic E-state index is 0.106. The van der Waals surface area contributed by atoms with E-state index in [2.05, 4.69) is 0 Å². The molecule has 0 radical (unpaired) electrons. The van der Waals surface area contributed by atoms with Crippen LogP contribution in [0.15, 0.2) is 54.6 Å². The molecule has 150 valence electrons. The van der Waals surface area contributed by atoms with E-state index in [9.17, 15) is 18.0 Å². The molecule has 0 fully saturated rings. The summed E-state index contributed by atoms with van der Waals surface area (Å²) in [6.07, 6.45) is -2.00. The molecule has 0 heterocycles. The molecule has 0 saturated heterocycles. The van der Waals surface area contributed by atoms with Crippen molar-refractivity contribution in [2.75, 3.05) is 6.61 Å². The van der Waals surface area contributed by atoms with Gasteiger partial charge in [0, 0.05) is 6.08 Å². The highest BCUT2D eigenvalue weighted by molar-refractivity contribution is 6.32. The first-order chi connectivity index (χ1) is 13.2. The van der Waals surface area contributed by atoms with E-state index in [0.29, 0.717) is 18.1 Å². The van der Waals surface area contributed by atoms with Crippen LogP contribution in [0.3, 0.4) is 0 Å². The quantitative estimate of drug-likeness (QED) is 0.409. The van der Waals surface area contributed by atoms with E-state index in [-0.39, 0.29) is 16.9 Å². The van der Waals surface area contributed by atoms with Crippen molar-refractivity contribution in [2.45, 2.75) is 26.1 Å². The zero-order valence-corrected chi connectivity index (χ0v) is 15.9. The number of esters is 1. The molecule has 2 rings (SSSR count). The van der Waals surface area contributed by atoms with Crippen LogP contribution in [0, 0.1) is 0 Å². The fourth-order valence-electron chi connectivity index (χ4n) is 2.13. The van der Waals surface area contributed by atoms with Gasteiger partial charge >= 0.3 is 12.1 Å². The van der Waals surface area contributed by atoms with E-state index >= 15 is 0 Å². The van der Waals surface area contributed by atoms with Gasteiger partial charge in [0.25, 0.3) is 0 Å². The molecule has 0 spiro atoms. The van der Waals surface area contributed by atoms with Gasteiger partial charge in [0.1, 0.15) is 23.4 Å².